The number of ketones is 1. The maximum absolute atomic E-state index is 13.0. The van der Waals surface area contributed by atoms with Gasteiger partial charge in [0.05, 0.1) is 11.6 Å². The molecule has 0 saturated heterocycles. The molecule has 2 heterocycles. The molecule has 1 atom stereocenters. The second-order valence-corrected chi connectivity index (χ2v) is 7.79. The Kier molecular flexibility index (Phi) is 8.53. The smallest absolute Gasteiger partial charge is 0.407 e. The number of nitrogens with zero attached hydrogens (tertiary/aromatic N) is 5. The fourth-order valence-corrected chi connectivity index (χ4v) is 2.57. The Bertz CT molecular complexity index is 866. The largest absolute Gasteiger partial charge is 0.444 e. The van der Waals surface area contributed by atoms with Gasteiger partial charge in [-0.3, -0.25) is 9.59 Å². The van der Waals surface area contributed by atoms with Gasteiger partial charge in [0.2, 0.25) is 5.95 Å². The number of carbonyl (C=O) groups excluding carboxylic acids is 3. The monoisotopic (exact) mass is 435 g/mol. The Labute approximate surface area is 178 Å². The molecule has 2 rings (SSSR count). The standard InChI is InChI=1S/C19H26FN7O4/c1-19(2,3)31-18(30)21-9-5-4-6-14(15(28)11-27-12-23-25-26-27)24-17(29)13-7-8-16(20)22-10-13/h7-8,10,12,14H,4-6,9,11H2,1-3H3,(H,21,30)(H,24,29)/t14-/m0/s1. The van der Waals surface area contributed by atoms with Crippen molar-refractivity contribution in [1.29, 1.82) is 0 Å². The van der Waals surface area contributed by atoms with Gasteiger partial charge in [-0.15, -0.1) is 5.10 Å². The molecule has 0 bridgehead atoms. The molecule has 0 saturated carbocycles. The van der Waals surface area contributed by atoms with Crippen LogP contribution in [0.1, 0.15) is 50.4 Å². The number of nitrogens with one attached hydrogen (secondary N) is 2. The molecule has 0 aliphatic heterocycles. The summed E-state index contributed by atoms with van der Waals surface area (Å²) in [6, 6.07) is 1.53. The highest BCUT2D eigenvalue weighted by Crippen LogP contribution is 2.08. The second-order valence-electron chi connectivity index (χ2n) is 7.79. The van der Waals surface area contributed by atoms with Crippen LogP contribution < -0.4 is 10.6 Å². The van der Waals surface area contributed by atoms with Gasteiger partial charge < -0.3 is 15.4 Å². The van der Waals surface area contributed by atoms with Gasteiger partial charge >= 0.3 is 6.09 Å². The highest BCUT2D eigenvalue weighted by molar-refractivity contribution is 5.97. The highest BCUT2D eigenvalue weighted by Gasteiger charge is 2.22. The first-order valence-corrected chi connectivity index (χ1v) is 9.77. The van der Waals surface area contributed by atoms with Crippen LogP contribution in [-0.4, -0.2) is 61.2 Å². The van der Waals surface area contributed by atoms with Gasteiger partial charge in [0.25, 0.3) is 5.91 Å². The van der Waals surface area contributed by atoms with E-state index in [-0.39, 0.29) is 17.9 Å². The zero-order valence-corrected chi connectivity index (χ0v) is 17.7. The average molecular weight is 435 g/mol. The van der Waals surface area contributed by atoms with Crippen molar-refractivity contribution in [3.05, 3.63) is 36.2 Å². The van der Waals surface area contributed by atoms with Gasteiger partial charge in [0.1, 0.15) is 18.5 Å². The van der Waals surface area contributed by atoms with Gasteiger partial charge in [-0.2, -0.15) is 4.39 Å². The maximum atomic E-state index is 13.0. The number of halogens is 1. The number of rotatable bonds is 10. The lowest BCUT2D eigenvalue weighted by Crippen LogP contribution is -2.42. The molecule has 2 N–H and O–H groups in total. The van der Waals surface area contributed by atoms with E-state index < -0.39 is 29.6 Å². The quantitative estimate of drug-likeness (QED) is 0.420. The van der Waals surface area contributed by atoms with E-state index in [9.17, 15) is 18.8 Å². The van der Waals surface area contributed by atoms with Crippen LogP contribution in [0.2, 0.25) is 0 Å². The van der Waals surface area contributed by atoms with Crippen molar-refractivity contribution in [3.63, 3.8) is 0 Å². The van der Waals surface area contributed by atoms with E-state index in [4.69, 9.17) is 4.74 Å². The Morgan fingerprint density at radius 1 is 1.23 bits per heavy atom. The third-order valence-electron chi connectivity index (χ3n) is 3.98. The third-order valence-corrected chi connectivity index (χ3v) is 3.98. The maximum Gasteiger partial charge on any atom is 0.407 e. The number of aromatic nitrogens is 5. The molecule has 0 radical (unpaired) electrons. The molecule has 0 fully saturated rings. The number of hydrogen-bond acceptors (Lipinski definition) is 8. The summed E-state index contributed by atoms with van der Waals surface area (Å²) in [6.07, 6.45) is 3.32. The summed E-state index contributed by atoms with van der Waals surface area (Å²) in [4.78, 5) is 40.2. The normalized spacial score (nSPS) is 12.1. The lowest BCUT2D eigenvalue weighted by Gasteiger charge is -2.20. The minimum absolute atomic E-state index is 0.115. The van der Waals surface area contributed by atoms with E-state index in [1.807, 2.05) is 0 Å². The molecule has 31 heavy (non-hydrogen) atoms. The van der Waals surface area contributed by atoms with Gasteiger partial charge in [-0.1, -0.05) is 0 Å². The zero-order valence-electron chi connectivity index (χ0n) is 17.7. The summed E-state index contributed by atoms with van der Waals surface area (Å²) in [6.45, 7) is 5.56. The predicted octanol–water partition coefficient (Wildman–Crippen LogP) is 1.27. The fraction of sp³-hybridized carbons (Fsp3) is 0.526. The van der Waals surface area contributed by atoms with E-state index in [0.717, 1.165) is 12.3 Å². The molecule has 2 amide bonds. The van der Waals surface area contributed by atoms with Crippen molar-refractivity contribution in [3.8, 4) is 0 Å². The topological polar surface area (TPSA) is 141 Å². The fourth-order valence-electron chi connectivity index (χ4n) is 2.57. The molecule has 0 unspecified atom stereocenters. The SMILES string of the molecule is CC(C)(C)OC(=O)NCCCC[C@H](NC(=O)c1ccc(F)nc1)C(=O)Cn1cnnn1. The van der Waals surface area contributed by atoms with Crippen LogP contribution in [0, 0.1) is 5.95 Å². The Morgan fingerprint density at radius 2 is 2.00 bits per heavy atom. The number of carbonyl (C=O) groups is 3. The molecule has 12 heteroatoms. The van der Waals surface area contributed by atoms with Crippen molar-refractivity contribution in [2.24, 2.45) is 0 Å². The summed E-state index contributed by atoms with van der Waals surface area (Å²) in [5, 5.41) is 15.9. The van der Waals surface area contributed by atoms with Crippen molar-refractivity contribution < 1.29 is 23.5 Å². The lowest BCUT2D eigenvalue weighted by atomic mass is 10.0. The van der Waals surface area contributed by atoms with Crippen molar-refractivity contribution in [1.82, 2.24) is 35.8 Å². The number of pyridine rings is 1. The van der Waals surface area contributed by atoms with E-state index in [1.54, 1.807) is 20.8 Å². The van der Waals surface area contributed by atoms with Gasteiger partial charge in [0.15, 0.2) is 5.78 Å². The number of tetrazole rings is 1. The highest BCUT2D eigenvalue weighted by atomic mass is 19.1. The molecular formula is C19H26FN7O4. The van der Waals surface area contributed by atoms with Gasteiger partial charge in [-0.05, 0) is 62.6 Å². The van der Waals surface area contributed by atoms with Crippen LogP contribution >= 0.6 is 0 Å². The lowest BCUT2D eigenvalue weighted by molar-refractivity contribution is -0.121. The van der Waals surface area contributed by atoms with Crippen LogP contribution in [0.5, 0.6) is 0 Å². The van der Waals surface area contributed by atoms with Gasteiger partial charge in [-0.25, -0.2) is 14.5 Å². The summed E-state index contributed by atoms with van der Waals surface area (Å²) in [7, 11) is 0. The Balaban J connectivity index is 1.89. The minimum atomic E-state index is -0.816. The molecule has 2 aromatic heterocycles. The first-order valence-electron chi connectivity index (χ1n) is 9.77. The van der Waals surface area contributed by atoms with Crippen LogP contribution in [0.15, 0.2) is 24.7 Å². The number of Topliss-reactive ketones (excluding diaryl/α,β-unsaturated/α-hetero) is 1. The van der Waals surface area contributed by atoms with Crippen LogP contribution in [-0.2, 0) is 16.1 Å². The molecule has 0 aliphatic carbocycles. The third kappa shape index (κ3) is 8.84. The molecule has 0 aliphatic rings. The summed E-state index contributed by atoms with van der Waals surface area (Å²) in [5.41, 5.74) is -0.453. The van der Waals surface area contributed by atoms with E-state index in [1.165, 1.54) is 17.1 Å². The Morgan fingerprint density at radius 3 is 2.61 bits per heavy atom. The molecule has 11 nitrogen and oxygen atoms in total. The van der Waals surface area contributed by atoms with E-state index in [2.05, 4.69) is 31.1 Å². The first-order chi connectivity index (χ1) is 14.6. The summed E-state index contributed by atoms with van der Waals surface area (Å²) >= 11 is 0. The minimum Gasteiger partial charge on any atom is -0.444 e. The van der Waals surface area contributed by atoms with Crippen molar-refractivity contribution in [2.75, 3.05) is 6.54 Å². The van der Waals surface area contributed by atoms with Crippen molar-refractivity contribution >= 4 is 17.8 Å². The second kappa shape index (κ2) is 11.1. The first kappa shape index (κ1) is 23.8. The van der Waals surface area contributed by atoms with Crippen LogP contribution in [0.3, 0.4) is 0 Å². The zero-order chi connectivity index (χ0) is 22.9. The molecule has 2 aromatic rings. The molecular weight excluding hydrogens is 409 g/mol. The van der Waals surface area contributed by atoms with E-state index in [0.29, 0.717) is 25.8 Å². The summed E-state index contributed by atoms with van der Waals surface area (Å²) in [5.74, 6) is -1.55. The molecule has 0 spiro atoms. The number of ether oxygens (including phenoxy) is 1. The van der Waals surface area contributed by atoms with E-state index >= 15 is 0 Å². The van der Waals surface area contributed by atoms with Crippen LogP contribution in [0.25, 0.3) is 0 Å². The number of unbranched alkanes of at least 4 members (excludes halogenated alkanes) is 1. The van der Waals surface area contributed by atoms with Gasteiger partial charge in [0, 0.05) is 12.7 Å². The molecule has 168 valence electrons. The number of hydrogen-bond donors (Lipinski definition) is 2. The molecule has 0 aromatic carbocycles. The van der Waals surface area contributed by atoms with Crippen LogP contribution in [0.4, 0.5) is 9.18 Å². The summed E-state index contributed by atoms with van der Waals surface area (Å²) < 4.78 is 19.4. The predicted molar refractivity (Wildman–Crippen MR) is 106 cm³/mol. The number of alkyl carbamates (subject to hydrolysis) is 1. The average Bonchev–Trinajstić information content (AvgIpc) is 3.18. The number of amides is 2. The Hall–Kier alpha value is -3.44. The van der Waals surface area contributed by atoms with Crippen molar-refractivity contribution in [2.45, 2.75) is 58.2 Å².